The third-order valence-corrected chi connectivity index (χ3v) is 6.00. The summed E-state index contributed by atoms with van der Waals surface area (Å²) in [6.45, 7) is 0. The Labute approximate surface area is 139 Å². The zero-order chi connectivity index (χ0) is 15.0. The maximum absolute atomic E-state index is 13.3. The molecule has 1 atom stereocenters. The molecule has 2 aromatic carbocycles. The van der Waals surface area contributed by atoms with Crippen molar-refractivity contribution >= 4 is 49.0 Å². The van der Waals surface area contributed by atoms with E-state index < -0.39 is 0 Å². The Bertz CT molecular complexity index is 802. The Morgan fingerprint density at radius 3 is 2.71 bits per heavy atom. The number of thiophene rings is 1. The SMILES string of the molecule is COc1ccc(C(Br)c2cc3ccc(F)cc3s2)cc1Cl. The highest BCUT2D eigenvalue weighted by molar-refractivity contribution is 9.09. The molecule has 1 heterocycles. The summed E-state index contributed by atoms with van der Waals surface area (Å²) in [5.74, 6) is 0.438. The first-order chi connectivity index (χ1) is 10.1. The molecule has 0 amide bonds. The number of fused-ring (bicyclic) bond motifs is 1. The lowest BCUT2D eigenvalue weighted by Crippen LogP contribution is -1.91. The van der Waals surface area contributed by atoms with E-state index >= 15 is 0 Å². The normalized spacial score (nSPS) is 12.6. The lowest BCUT2D eigenvalue weighted by atomic mass is 10.1. The predicted octanol–water partition coefficient (Wildman–Crippen LogP) is 6.19. The highest BCUT2D eigenvalue weighted by Crippen LogP contribution is 2.40. The number of benzene rings is 2. The molecule has 1 unspecified atom stereocenters. The van der Waals surface area contributed by atoms with Crippen LogP contribution in [0.3, 0.4) is 0 Å². The van der Waals surface area contributed by atoms with Gasteiger partial charge in [-0.2, -0.15) is 0 Å². The minimum absolute atomic E-state index is 0.0152. The largest absolute Gasteiger partial charge is 0.495 e. The van der Waals surface area contributed by atoms with Crippen LogP contribution in [0.25, 0.3) is 10.1 Å². The molecular formula is C16H11BrClFOS. The number of methoxy groups -OCH3 is 1. The average molecular weight is 386 g/mol. The van der Waals surface area contributed by atoms with E-state index in [1.807, 2.05) is 18.2 Å². The number of alkyl halides is 1. The smallest absolute Gasteiger partial charge is 0.137 e. The molecule has 0 spiro atoms. The van der Waals surface area contributed by atoms with Crippen LogP contribution >= 0.6 is 38.9 Å². The maximum atomic E-state index is 13.3. The van der Waals surface area contributed by atoms with E-state index in [1.54, 1.807) is 30.6 Å². The summed E-state index contributed by atoms with van der Waals surface area (Å²) in [6, 6.07) is 12.6. The van der Waals surface area contributed by atoms with Crippen LogP contribution in [0.15, 0.2) is 42.5 Å². The van der Waals surface area contributed by atoms with Gasteiger partial charge in [0.25, 0.3) is 0 Å². The van der Waals surface area contributed by atoms with Gasteiger partial charge in [0.05, 0.1) is 17.0 Å². The molecule has 0 bridgehead atoms. The van der Waals surface area contributed by atoms with Gasteiger partial charge in [-0.3, -0.25) is 0 Å². The van der Waals surface area contributed by atoms with E-state index in [9.17, 15) is 4.39 Å². The molecule has 0 saturated heterocycles. The van der Waals surface area contributed by atoms with Crippen molar-refractivity contribution in [3.63, 3.8) is 0 Å². The number of hydrogen-bond acceptors (Lipinski definition) is 2. The highest BCUT2D eigenvalue weighted by Gasteiger charge is 2.15. The standard InChI is InChI=1S/C16H11BrClFOS/c1-20-13-5-3-10(6-12(13)18)16(17)15-7-9-2-4-11(19)8-14(9)21-15/h2-8,16H,1H3. The lowest BCUT2D eigenvalue weighted by Gasteiger charge is -2.10. The van der Waals surface area contributed by atoms with Crippen molar-refractivity contribution in [1.82, 2.24) is 0 Å². The molecular weight excluding hydrogens is 375 g/mol. The summed E-state index contributed by atoms with van der Waals surface area (Å²) >= 11 is 11.4. The molecule has 0 saturated carbocycles. The van der Waals surface area contributed by atoms with Gasteiger partial charge in [-0.1, -0.05) is 39.7 Å². The zero-order valence-corrected chi connectivity index (χ0v) is 14.2. The second-order valence-corrected chi connectivity index (χ2v) is 7.03. The summed E-state index contributed by atoms with van der Waals surface area (Å²) in [7, 11) is 1.59. The van der Waals surface area contributed by atoms with Gasteiger partial charge in [0, 0.05) is 9.58 Å². The van der Waals surface area contributed by atoms with Gasteiger partial charge in [-0.15, -0.1) is 11.3 Å². The van der Waals surface area contributed by atoms with Crippen LogP contribution in [0.4, 0.5) is 4.39 Å². The van der Waals surface area contributed by atoms with Gasteiger partial charge in [-0.25, -0.2) is 4.39 Å². The average Bonchev–Trinajstić information content (AvgIpc) is 2.89. The fourth-order valence-corrected chi connectivity index (χ4v) is 4.21. The first kappa shape index (κ1) is 14.8. The van der Waals surface area contributed by atoms with E-state index in [-0.39, 0.29) is 10.6 Å². The quantitative estimate of drug-likeness (QED) is 0.489. The lowest BCUT2D eigenvalue weighted by molar-refractivity contribution is 0.415. The fourth-order valence-electron chi connectivity index (χ4n) is 2.15. The van der Waals surface area contributed by atoms with E-state index in [1.165, 1.54) is 6.07 Å². The summed E-state index contributed by atoms with van der Waals surface area (Å²) in [6.07, 6.45) is 0. The summed E-state index contributed by atoms with van der Waals surface area (Å²) < 4.78 is 19.4. The van der Waals surface area contributed by atoms with Crippen molar-refractivity contribution in [2.45, 2.75) is 4.83 Å². The van der Waals surface area contributed by atoms with E-state index in [4.69, 9.17) is 16.3 Å². The van der Waals surface area contributed by atoms with Gasteiger partial charge in [0.2, 0.25) is 0 Å². The summed E-state index contributed by atoms with van der Waals surface area (Å²) in [5.41, 5.74) is 1.04. The van der Waals surface area contributed by atoms with Crippen molar-refractivity contribution in [3.8, 4) is 5.75 Å². The molecule has 0 fully saturated rings. The molecule has 21 heavy (non-hydrogen) atoms. The molecule has 108 valence electrons. The third kappa shape index (κ3) is 2.93. The summed E-state index contributed by atoms with van der Waals surface area (Å²) in [5, 5.41) is 1.62. The molecule has 5 heteroatoms. The van der Waals surface area contributed by atoms with Gasteiger partial charge in [0.15, 0.2) is 0 Å². The molecule has 0 aliphatic carbocycles. The number of halogens is 3. The van der Waals surface area contributed by atoms with Crippen LogP contribution in [-0.2, 0) is 0 Å². The van der Waals surface area contributed by atoms with Gasteiger partial charge >= 0.3 is 0 Å². The Morgan fingerprint density at radius 2 is 2.00 bits per heavy atom. The minimum atomic E-state index is -0.213. The fraction of sp³-hybridized carbons (Fsp3) is 0.125. The Balaban J connectivity index is 1.99. The van der Waals surface area contributed by atoms with Crippen molar-refractivity contribution in [2.24, 2.45) is 0 Å². The molecule has 1 nitrogen and oxygen atoms in total. The van der Waals surface area contributed by atoms with Crippen LogP contribution in [-0.4, -0.2) is 7.11 Å². The van der Waals surface area contributed by atoms with Gasteiger partial charge < -0.3 is 4.74 Å². The minimum Gasteiger partial charge on any atom is -0.495 e. The Kier molecular flexibility index (Phi) is 4.20. The number of ether oxygens (including phenoxy) is 1. The molecule has 1 aromatic heterocycles. The monoisotopic (exact) mass is 384 g/mol. The molecule has 0 radical (unpaired) electrons. The molecule has 0 aliphatic rings. The zero-order valence-electron chi connectivity index (χ0n) is 11.1. The second kappa shape index (κ2) is 5.95. The highest BCUT2D eigenvalue weighted by atomic mass is 79.9. The maximum Gasteiger partial charge on any atom is 0.137 e. The van der Waals surface area contributed by atoms with Crippen molar-refractivity contribution in [2.75, 3.05) is 7.11 Å². The number of rotatable bonds is 3. The van der Waals surface area contributed by atoms with Crippen LogP contribution in [0, 0.1) is 5.82 Å². The topological polar surface area (TPSA) is 9.23 Å². The molecule has 0 N–H and O–H groups in total. The van der Waals surface area contributed by atoms with Crippen LogP contribution in [0.2, 0.25) is 5.02 Å². The molecule has 0 aliphatic heterocycles. The van der Waals surface area contributed by atoms with E-state index in [0.717, 1.165) is 20.5 Å². The van der Waals surface area contributed by atoms with E-state index in [2.05, 4.69) is 22.0 Å². The molecule has 3 aromatic rings. The predicted molar refractivity (Wildman–Crippen MR) is 90.6 cm³/mol. The first-order valence-electron chi connectivity index (χ1n) is 6.25. The summed E-state index contributed by atoms with van der Waals surface area (Å²) in [4.78, 5) is 1.12. The molecule has 3 rings (SSSR count). The Hall–Kier alpha value is -1.10. The van der Waals surface area contributed by atoms with Crippen LogP contribution < -0.4 is 4.74 Å². The van der Waals surface area contributed by atoms with Crippen molar-refractivity contribution in [3.05, 3.63) is 63.7 Å². The Morgan fingerprint density at radius 1 is 1.19 bits per heavy atom. The third-order valence-electron chi connectivity index (χ3n) is 3.22. The van der Waals surface area contributed by atoms with E-state index in [0.29, 0.717) is 10.8 Å². The van der Waals surface area contributed by atoms with Gasteiger partial charge in [0.1, 0.15) is 11.6 Å². The number of hydrogen-bond donors (Lipinski definition) is 0. The van der Waals surface area contributed by atoms with Crippen LogP contribution in [0.5, 0.6) is 5.75 Å². The van der Waals surface area contributed by atoms with Gasteiger partial charge in [-0.05, 0) is 41.3 Å². The van der Waals surface area contributed by atoms with Crippen LogP contribution in [0.1, 0.15) is 15.3 Å². The van der Waals surface area contributed by atoms with Crippen molar-refractivity contribution in [1.29, 1.82) is 0 Å². The second-order valence-electron chi connectivity index (χ2n) is 4.59. The van der Waals surface area contributed by atoms with Crippen molar-refractivity contribution < 1.29 is 9.13 Å². The first-order valence-corrected chi connectivity index (χ1v) is 8.36.